The van der Waals surface area contributed by atoms with Gasteiger partial charge < -0.3 is 44.4 Å². The lowest BCUT2D eigenvalue weighted by molar-refractivity contribution is -0.136. The first-order valence-electron chi connectivity index (χ1n) is 29.0. The summed E-state index contributed by atoms with van der Waals surface area (Å²) in [7, 11) is 2.59. The number of aromatic nitrogens is 5. The van der Waals surface area contributed by atoms with Gasteiger partial charge in [-0.3, -0.25) is 9.59 Å². The third-order valence-electron chi connectivity index (χ3n) is 16.7. The number of amides is 4. The minimum absolute atomic E-state index is 0.138. The van der Waals surface area contributed by atoms with E-state index in [2.05, 4.69) is 201 Å². The molecule has 15 heteroatoms. The van der Waals surface area contributed by atoms with Crippen molar-refractivity contribution in [2.75, 3.05) is 27.3 Å². The van der Waals surface area contributed by atoms with E-state index in [0.29, 0.717) is 24.7 Å². The van der Waals surface area contributed by atoms with Crippen LogP contribution in [-0.4, -0.2) is 97.7 Å². The third-order valence-corrected chi connectivity index (χ3v) is 16.7. The molecule has 2 saturated heterocycles. The van der Waals surface area contributed by atoms with Gasteiger partial charge in [0.25, 0.3) is 0 Å². The standard InChI is InChI=1S/C69H71N9O6/c1-44(2)61(74-67(81)83-5)65(79)76-40-16-24-59(76)63-70-42-55(72-63)46-26-30-48(31-27-46)57-38-39-58(49-32-28-47(29-33-49)56-43-71-64(73-56)60-25-17-41-77(60)66(80)62(45(3)4)75-68(82)84-6)78(57)54-36-34-53(35-37-54)69(50-18-10-7-11-19-50,51-20-12-8-13-21-51)52-22-14-9-15-23-52/h7-15,18-23,26-39,42-45,59-62H,16-17,24-25,40-41H2,1-6H3,(H,70,72)(H,71,73)(H,74,81)(H,75,82). The van der Waals surface area contributed by atoms with Crippen LogP contribution < -0.4 is 10.6 Å². The van der Waals surface area contributed by atoms with Crippen molar-refractivity contribution in [1.29, 1.82) is 0 Å². The van der Waals surface area contributed by atoms with Crippen molar-refractivity contribution < 1.29 is 28.7 Å². The van der Waals surface area contributed by atoms with E-state index in [1.54, 1.807) is 0 Å². The second kappa shape index (κ2) is 24.5. The number of nitrogens with one attached hydrogen (secondary N) is 4. The number of carbonyl (C=O) groups is 4. The van der Waals surface area contributed by atoms with E-state index in [1.165, 1.54) is 14.2 Å². The summed E-state index contributed by atoms with van der Waals surface area (Å²) in [5, 5.41) is 5.48. The van der Waals surface area contributed by atoms with Gasteiger partial charge >= 0.3 is 12.2 Å². The molecule has 0 bridgehead atoms. The molecule has 4 N–H and O–H groups in total. The predicted octanol–water partition coefficient (Wildman–Crippen LogP) is 13.1. The molecule has 4 atom stereocenters. The lowest BCUT2D eigenvalue weighted by atomic mass is 9.65. The van der Waals surface area contributed by atoms with E-state index in [1.807, 2.05) is 49.9 Å². The Morgan fingerprint density at radius 3 is 1.20 bits per heavy atom. The Morgan fingerprint density at radius 1 is 0.488 bits per heavy atom. The minimum Gasteiger partial charge on any atom is -0.453 e. The van der Waals surface area contributed by atoms with Gasteiger partial charge in [0.1, 0.15) is 23.7 Å². The highest BCUT2D eigenvalue weighted by Crippen LogP contribution is 2.46. The van der Waals surface area contributed by atoms with E-state index in [4.69, 9.17) is 19.4 Å². The molecule has 4 unspecified atom stereocenters. The number of hydrogen-bond acceptors (Lipinski definition) is 8. The number of aromatic amines is 2. The second-order valence-corrected chi connectivity index (χ2v) is 22.4. The molecular weight excluding hydrogens is 1050 g/mol. The number of carbonyl (C=O) groups excluding carboxylic acids is 4. The first-order valence-corrected chi connectivity index (χ1v) is 29.0. The predicted molar refractivity (Wildman–Crippen MR) is 326 cm³/mol. The van der Waals surface area contributed by atoms with Gasteiger partial charge in [0, 0.05) is 18.8 Å². The molecule has 5 heterocycles. The maximum absolute atomic E-state index is 13.9. The minimum atomic E-state index is -0.725. The molecule has 6 aromatic carbocycles. The Bertz CT molecular complexity index is 3470. The van der Waals surface area contributed by atoms with Crippen molar-refractivity contribution in [3.63, 3.8) is 0 Å². The number of nitrogens with zero attached hydrogens (tertiary/aromatic N) is 5. The lowest BCUT2D eigenvalue weighted by Gasteiger charge is -2.37. The van der Waals surface area contributed by atoms with Gasteiger partial charge in [-0.2, -0.15) is 0 Å². The maximum Gasteiger partial charge on any atom is 0.407 e. The van der Waals surface area contributed by atoms with Gasteiger partial charge in [0.15, 0.2) is 0 Å². The van der Waals surface area contributed by atoms with Crippen LogP contribution in [0, 0.1) is 11.8 Å². The van der Waals surface area contributed by atoms with E-state index in [-0.39, 0.29) is 35.7 Å². The molecule has 2 aliphatic heterocycles. The summed E-state index contributed by atoms with van der Waals surface area (Å²) in [6, 6.07) is 60.5. The fourth-order valence-corrected chi connectivity index (χ4v) is 12.4. The van der Waals surface area contributed by atoms with Gasteiger partial charge in [-0.25, -0.2) is 19.6 Å². The van der Waals surface area contributed by atoms with Gasteiger partial charge in [0.2, 0.25) is 11.8 Å². The second-order valence-electron chi connectivity index (χ2n) is 22.4. The molecule has 15 nitrogen and oxygen atoms in total. The number of alkyl carbamates (subject to hydrolysis) is 2. The molecule has 4 amide bonds. The van der Waals surface area contributed by atoms with Gasteiger partial charge in [0.05, 0.1) is 66.9 Å². The summed E-state index contributed by atoms with van der Waals surface area (Å²) in [6.45, 7) is 8.77. The average molecular weight is 1120 g/mol. The Kier molecular flexibility index (Phi) is 16.5. The normalized spacial score (nSPS) is 16.0. The van der Waals surface area contributed by atoms with Crippen LogP contribution in [0.4, 0.5) is 9.59 Å². The van der Waals surface area contributed by atoms with Crippen molar-refractivity contribution >= 4 is 24.0 Å². The number of imidazole rings is 2. The molecule has 428 valence electrons. The lowest BCUT2D eigenvalue weighted by Crippen LogP contribution is -2.51. The van der Waals surface area contributed by atoms with Gasteiger partial charge in [-0.15, -0.1) is 0 Å². The number of hydrogen-bond donors (Lipinski definition) is 4. The first-order chi connectivity index (χ1) is 40.9. The van der Waals surface area contributed by atoms with Crippen LogP contribution in [-0.2, 0) is 24.5 Å². The van der Waals surface area contributed by atoms with Crippen LogP contribution in [0.15, 0.2) is 188 Å². The molecule has 0 aliphatic carbocycles. The molecule has 2 fully saturated rings. The van der Waals surface area contributed by atoms with E-state index in [0.717, 1.165) is 98.7 Å². The third kappa shape index (κ3) is 11.0. The zero-order valence-electron chi connectivity index (χ0n) is 48.3. The van der Waals surface area contributed by atoms with Crippen LogP contribution in [0.3, 0.4) is 0 Å². The van der Waals surface area contributed by atoms with Crippen molar-refractivity contribution in [2.45, 2.75) is 83.0 Å². The molecule has 0 radical (unpaired) electrons. The largest absolute Gasteiger partial charge is 0.453 e. The van der Waals surface area contributed by atoms with E-state index < -0.39 is 29.7 Å². The summed E-state index contributed by atoms with van der Waals surface area (Å²) in [5.74, 6) is 0.824. The molecule has 11 rings (SSSR count). The number of benzene rings is 6. The summed E-state index contributed by atoms with van der Waals surface area (Å²) in [4.78, 5) is 72.7. The molecule has 0 spiro atoms. The molecule has 3 aromatic heterocycles. The number of rotatable bonds is 17. The SMILES string of the molecule is COC(=O)NC(C(=O)N1CCCC1c1ncc(-c2ccc(-c3ccc(-c4ccc(-c5cnc(C6CCCN6C(=O)C(NC(=O)OC)C(C)C)[nH]5)cc4)n3-c3ccc(C(c4ccccc4)(c4ccccc4)c4ccccc4)cc3)cc2)[nH]1)C(C)C. The fourth-order valence-electron chi connectivity index (χ4n) is 12.4. The Labute approximate surface area is 490 Å². The van der Waals surface area contributed by atoms with Crippen molar-refractivity contribution in [3.05, 3.63) is 222 Å². The van der Waals surface area contributed by atoms with Crippen LogP contribution in [0.2, 0.25) is 0 Å². The Hall–Kier alpha value is -9.50. The summed E-state index contributed by atoms with van der Waals surface area (Å²) < 4.78 is 12.0. The summed E-state index contributed by atoms with van der Waals surface area (Å²) in [5.41, 5.74) is 12.5. The highest BCUT2D eigenvalue weighted by molar-refractivity contribution is 5.87. The first kappa shape index (κ1) is 56.4. The zero-order chi connectivity index (χ0) is 58.5. The molecular formula is C69H71N9O6. The summed E-state index contributed by atoms with van der Waals surface area (Å²) in [6.07, 6.45) is 5.53. The number of H-pyrrole nitrogens is 2. The highest BCUT2D eigenvalue weighted by Gasteiger charge is 2.41. The number of ether oxygens (including phenoxy) is 2. The molecule has 2 aliphatic rings. The summed E-state index contributed by atoms with van der Waals surface area (Å²) >= 11 is 0. The van der Waals surface area contributed by atoms with Crippen LogP contribution >= 0.6 is 0 Å². The zero-order valence-corrected chi connectivity index (χ0v) is 48.3. The number of methoxy groups -OCH3 is 2. The average Bonchev–Trinajstić information content (AvgIpc) is 1.42. The van der Waals surface area contributed by atoms with Crippen molar-refractivity contribution in [2.24, 2.45) is 11.8 Å². The van der Waals surface area contributed by atoms with Crippen LogP contribution in [0.25, 0.3) is 50.7 Å². The van der Waals surface area contributed by atoms with Gasteiger partial charge in [-0.05, 0) is 106 Å². The van der Waals surface area contributed by atoms with Gasteiger partial charge in [-0.1, -0.05) is 179 Å². The number of likely N-dealkylation sites (tertiary alicyclic amines) is 2. The monoisotopic (exact) mass is 1120 g/mol. The Balaban J connectivity index is 0.934. The molecule has 0 saturated carbocycles. The molecule has 9 aromatic rings. The van der Waals surface area contributed by atoms with Crippen LogP contribution in [0.1, 0.15) is 99.4 Å². The molecule has 84 heavy (non-hydrogen) atoms. The smallest absolute Gasteiger partial charge is 0.407 e. The van der Waals surface area contributed by atoms with E-state index in [9.17, 15) is 19.2 Å². The quantitative estimate of drug-likeness (QED) is 0.0650. The topological polar surface area (TPSA) is 180 Å². The maximum atomic E-state index is 13.9. The van der Waals surface area contributed by atoms with E-state index >= 15 is 0 Å². The van der Waals surface area contributed by atoms with Crippen LogP contribution in [0.5, 0.6) is 0 Å². The highest BCUT2D eigenvalue weighted by atomic mass is 16.5. The Morgan fingerprint density at radius 2 is 0.845 bits per heavy atom. The fraction of sp³-hybridized carbons (Fsp3) is 0.275. The van der Waals surface area contributed by atoms with Crippen molar-refractivity contribution in [3.8, 4) is 50.7 Å². The van der Waals surface area contributed by atoms with Crippen molar-refractivity contribution in [1.82, 2.24) is 44.9 Å².